The van der Waals surface area contributed by atoms with Gasteiger partial charge in [0.15, 0.2) is 11.0 Å². The van der Waals surface area contributed by atoms with Crippen molar-refractivity contribution in [2.45, 2.75) is 35.4 Å². The van der Waals surface area contributed by atoms with Gasteiger partial charge in [-0.05, 0) is 43.4 Å². The molecule has 1 saturated carbocycles. The van der Waals surface area contributed by atoms with Crippen molar-refractivity contribution in [1.82, 2.24) is 14.8 Å². The van der Waals surface area contributed by atoms with Crippen LogP contribution in [0.15, 0.2) is 58.6 Å². The van der Waals surface area contributed by atoms with Crippen molar-refractivity contribution in [3.8, 4) is 11.4 Å². The van der Waals surface area contributed by atoms with E-state index in [1.54, 1.807) is 30.0 Å². The lowest BCUT2D eigenvalue weighted by Crippen LogP contribution is -2.13. The number of amides is 1. The summed E-state index contributed by atoms with van der Waals surface area (Å²) in [6, 6.07) is 14.7. The third-order valence-electron chi connectivity index (χ3n) is 4.63. The molecule has 0 spiro atoms. The van der Waals surface area contributed by atoms with Gasteiger partial charge in [0, 0.05) is 23.1 Å². The molecule has 0 atom stereocenters. The van der Waals surface area contributed by atoms with Crippen molar-refractivity contribution < 1.29 is 9.18 Å². The molecule has 0 bridgehead atoms. The van der Waals surface area contributed by atoms with Crippen LogP contribution >= 0.6 is 23.5 Å². The van der Waals surface area contributed by atoms with Crippen molar-refractivity contribution >= 4 is 35.1 Å². The summed E-state index contributed by atoms with van der Waals surface area (Å²) >= 11 is 3.09. The molecule has 150 valence electrons. The molecule has 0 radical (unpaired) electrons. The van der Waals surface area contributed by atoms with Crippen molar-refractivity contribution in [3.05, 3.63) is 54.3 Å². The van der Waals surface area contributed by atoms with Crippen LogP contribution in [-0.2, 0) is 4.79 Å². The lowest BCUT2D eigenvalue weighted by Gasteiger charge is -2.10. The second kappa shape index (κ2) is 9.00. The molecular weight excluding hydrogens is 407 g/mol. The smallest absolute Gasteiger partial charge is 0.225 e. The molecule has 5 nitrogen and oxygen atoms in total. The number of thioether (sulfide) groups is 2. The van der Waals surface area contributed by atoms with Crippen LogP contribution in [-0.4, -0.2) is 32.7 Å². The topological polar surface area (TPSA) is 59.8 Å². The number of halogens is 1. The molecule has 1 heterocycles. The number of hydrogen-bond acceptors (Lipinski definition) is 5. The Morgan fingerprint density at radius 2 is 1.93 bits per heavy atom. The molecule has 2 aromatic carbocycles. The molecule has 1 N–H and O–H groups in total. The highest BCUT2D eigenvalue weighted by Gasteiger charge is 2.30. The zero-order chi connectivity index (χ0) is 20.2. The molecule has 1 aliphatic rings. The third kappa shape index (κ3) is 4.64. The number of hydrogen-bond donors (Lipinski definition) is 1. The van der Waals surface area contributed by atoms with E-state index in [1.807, 2.05) is 35.1 Å². The van der Waals surface area contributed by atoms with E-state index < -0.39 is 0 Å². The Bertz CT molecular complexity index is 1020. The van der Waals surface area contributed by atoms with Crippen LogP contribution in [0.1, 0.15) is 25.3 Å². The van der Waals surface area contributed by atoms with Gasteiger partial charge in [-0.2, -0.15) is 0 Å². The fraction of sp³-hybridized carbons (Fsp3) is 0.286. The quantitative estimate of drug-likeness (QED) is 0.496. The number of para-hydroxylation sites is 1. The molecule has 1 aromatic heterocycles. The first-order chi connectivity index (χ1) is 14.2. The first-order valence-corrected chi connectivity index (χ1v) is 11.6. The monoisotopic (exact) mass is 428 g/mol. The Hall–Kier alpha value is -2.32. The number of rotatable bonds is 8. The minimum absolute atomic E-state index is 0.0363. The number of anilines is 1. The molecule has 1 fully saturated rings. The van der Waals surface area contributed by atoms with E-state index in [4.69, 9.17) is 0 Å². The molecule has 1 aliphatic carbocycles. The van der Waals surface area contributed by atoms with Gasteiger partial charge in [-0.25, -0.2) is 4.39 Å². The summed E-state index contributed by atoms with van der Waals surface area (Å²) in [5.74, 6) is 0.803. The maximum Gasteiger partial charge on any atom is 0.225 e. The normalized spacial score (nSPS) is 13.4. The van der Waals surface area contributed by atoms with Gasteiger partial charge < -0.3 is 5.32 Å². The fourth-order valence-corrected chi connectivity index (χ4v) is 4.56. The number of nitrogens with zero attached hydrogens (tertiary/aromatic N) is 3. The summed E-state index contributed by atoms with van der Waals surface area (Å²) in [4.78, 5) is 13.4. The minimum Gasteiger partial charge on any atom is -0.325 e. The number of carbonyl (C=O) groups is 1. The molecule has 0 unspecified atom stereocenters. The summed E-state index contributed by atoms with van der Waals surface area (Å²) in [6.45, 7) is 0. The average molecular weight is 429 g/mol. The predicted molar refractivity (Wildman–Crippen MR) is 116 cm³/mol. The summed E-state index contributed by atoms with van der Waals surface area (Å²) in [5, 5.41) is 12.2. The predicted octanol–water partition coefficient (Wildman–Crippen LogP) is 5.26. The van der Waals surface area contributed by atoms with E-state index in [2.05, 4.69) is 15.5 Å². The molecule has 0 saturated heterocycles. The summed E-state index contributed by atoms with van der Waals surface area (Å²) in [7, 11) is 0. The molecule has 8 heteroatoms. The van der Waals surface area contributed by atoms with Gasteiger partial charge in [0.05, 0.1) is 11.3 Å². The zero-order valence-electron chi connectivity index (χ0n) is 16.0. The standard InChI is InChI=1S/C21H21FN4OS2/c1-28-18-9-5-4-8-17(18)23-19(27)12-13-29-21-25-24-20(26(21)14-10-11-14)15-6-2-3-7-16(15)22/h2-9,14H,10-13H2,1H3,(H,23,27). The second-order valence-corrected chi connectivity index (χ2v) is 8.64. The molecular formula is C21H21FN4OS2. The molecule has 1 amide bonds. The first kappa shape index (κ1) is 20.0. The van der Waals surface area contributed by atoms with Gasteiger partial charge in [0.2, 0.25) is 5.91 Å². The number of aromatic nitrogens is 3. The highest BCUT2D eigenvalue weighted by molar-refractivity contribution is 7.99. The Labute approximate surface area is 177 Å². The average Bonchev–Trinajstić information content (AvgIpc) is 3.49. The largest absolute Gasteiger partial charge is 0.325 e. The van der Waals surface area contributed by atoms with E-state index in [0.29, 0.717) is 29.6 Å². The van der Waals surface area contributed by atoms with Gasteiger partial charge in [0.25, 0.3) is 0 Å². The van der Waals surface area contributed by atoms with Crippen molar-refractivity contribution in [2.24, 2.45) is 0 Å². The van der Waals surface area contributed by atoms with Crippen molar-refractivity contribution in [1.29, 1.82) is 0 Å². The SMILES string of the molecule is CSc1ccccc1NC(=O)CCSc1nnc(-c2ccccc2F)n1C1CC1. The van der Waals surface area contributed by atoms with Crippen LogP contribution in [0.25, 0.3) is 11.4 Å². The van der Waals surface area contributed by atoms with Crippen LogP contribution in [0.4, 0.5) is 10.1 Å². The van der Waals surface area contributed by atoms with E-state index in [1.165, 1.54) is 17.8 Å². The Morgan fingerprint density at radius 3 is 2.69 bits per heavy atom. The van der Waals surface area contributed by atoms with Crippen LogP contribution in [0, 0.1) is 5.82 Å². The second-order valence-electron chi connectivity index (χ2n) is 6.73. The van der Waals surface area contributed by atoms with E-state index in [9.17, 15) is 9.18 Å². The molecule has 4 rings (SSSR count). The van der Waals surface area contributed by atoms with Gasteiger partial charge in [-0.15, -0.1) is 22.0 Å². The van der Waals surface area contributed by atoms with Crippen LogP contribution in [0.2, 0.25) is 0 Å². The molecule has 29 heavy (non-hydrogen) atoms. The lowest BCUT2D eigenvalue weighted by atomic mass is 10.2. The Kier molecular flexibility index (Phi) is 6.20. The van der Waals surface area contributed by atoms with Crippen LogP contribution in [0.5, 0.6) is 0 Å². The maximum absolute atomic E-state index is 14.2. The first-order valence-electron chi connectivity index (χ1n) is 9.43. The van der Waals surface area contributed by atoms with Gasteiger partial charge in [-0.1, -0.05) is 36.0 Å². The highest BCUT2D eigenvalue weighted by Crippen LogP contribution is 2.41. The van der Waals surface area contributed by atoms with Crippen molar-refractivity contribution in [3.63, 3.8) is 0 Å². The molecule has 0 aliphatic heterocycles. The van der Waals surface area contributed by atoms with E-state index in [-0.39, 0.29) is 11.7 Å². The van der Waals surface area contributed by atoms with E-state index in [0.717, 1.165) is 28.6 Å². The zero-order valence-corrected chi connectivity index (χ0v) is 17.6. The Morgan fingerprint density at radius 1 is 1.17 bits per heavy atom. The van der Waals surface area contributed by atoms with Crippen LogP contribution < -0.4 is 5.32 Å². The van der Waals surface area contributed by atoms with Gasteiger partial charge in [-0.3, -0.25) is 9.36 Å². The van der Waals surface area contributed by atoms with Gasteiger partial charge in [0.1, 0.15) is 5.82 Å². The van der Waals surface area contributed by atoms with Crippen LogP contribution in [0.3, 0.4) is 0 Å². The number of benzene rings is 2. The van der Waals surface area contributed by atoms with E-state index >= 15 is 0 Å². The number of nitrogens with one attached hydrogen (secondary N) is 1. The number of carbonyl (C=O) groups excluding carboxylic acids is 1. The minimum atomic E-state index is -0.301. The molecule has 3 aromatic rings. The fourth-order valence-electron chi connectivity index (χ4n) is 3.06. The lowest BCUT2D eigenvalue weighted by molar-refractivity contribution is -0.115. The summed E-state index contributed by atoms with van der Waals surface area (Å²) in [5.41, 5.74) is 1.29. The van der Waals surface area contributed by atoms with Crippen molar-refractivity contribution in [2.75, 3.05) is 17.3 Å². The Balaban J connectivity index is 1.42. The van der Waals surface area contributed by atoms with Gasteiger partial charge >= 0.3 is 0 Å². The third-order valence-corrected chi connectivity index (χ3v) is 6.37. The maximum atomic E-state index is 14.2. The summed E-state index contributed by atoms with van der Waals surface area (Å²) in [6.07, 6.45) is 4.43. The highest BCUT2D eigenvalue weighted by atomic mass is 32.2. The summed E-state index contributed by atoms with van der Waals surface area (Å²) < 4.78 is 16.3.